The van der Waals surface area contributed by atoms with Gasteiger partial charge in [0.25, 0.3) is 5.69 Å². The van der Waals surface area contributed by atoms with Crippen LogP contribution < -0.4 is 4.31 Å². The molecule has 0 aliphatic heterocycles. The molecule has 2 aromatic rings. The van der Waals surface area contributed by atoms with Crippen molar-refractivity contribution in [1.29, 1.82) is 0 Å². The van der Waals surface area contributed by atoms with E-state index in [1.165, 1.54) is 10.4 Å². The molecule has 0 heterocycles. The number of hydrogen-bond acceptors (Lipinski definition) is 5. The fourth-order valence-electron chi connectivity index (χ4n) is 1.70. The van der Waals surface area contributed by atoms with E-state index in [4.69, 9.17) is 5.11 Å². The molecular formula is C14H13KN2O4S. The van der Waals surface area contributed by atoms with Gasteiger partial charge in [-0.2, -0.15) is 0 Å². The molecule has 0 saturated heterocycles. The van der Waals surface area contributed by atoms with Crippen molar-refractivity contribution in [2.75, 3.05) is 10.8 Å². The van der Waals surface area contributed by atoms with Crippen LogP contribution in [0.25, 0.3) is 0 Å². The van der Waals surface area contributed by atoms with Crippen LogP contribution in [0.4, 0.5) is 11.4 Å². The van der Waals surface area contributed by atoms with Crippen LogP contribution in [-0.4, -0.2) is 73.9 Å². The first-order chi connectivity index (χ1) is 10.1. The molecule has 0 aliphatic carbocycles. The van der Waals surface area contributed by atoms with E-state index in [0.29, 0.717) is 10.6 Å². The molecule has 0 amide bonds. The Kier molecular flexibility index (Phi) is 8.08. The number of carbonyl (C=O) groups is 1. The first-order valence-electron chi connectivity index (χ1n) is 6.03. The van der Waals surface area contributed by atoms with Gasteiger partial charge in [0, 0.05) is 11.8 Å². The number of aliphatic carboxylic acids is 1. The number of nitrogens with zero attached hydrogens (tertiary/aromatic N) is 2. The summed E-state index contributed by atoms with van der Waals surface area (Å²) >= 11 is 1.04. The molecule has 0 saturated carbocycles. The third-order valence-electron chi connectivity index (χ3n) is 2.59. The van der Waals surface area contributed by atoms with Gasteiger partial charge in [0.2, 0.25) is 0 Å². The molecule has 0 atom stereocenters. The van der Waals surface area contributed by atoms with Gasteiger partial charge in [0.15, 0.2) is 0 Å². The molecule has 8 heteroatoms. The van der Waals surface area contributed by atoms with Crippen molar-refractivity contribution in [3.05, 3.63) is 64.7 Å². The fraction of sp³-hybridized carbons (Fsp3) is 0.0714. The van der Waals surface area contributed by atoms with Crippen LogP contribution in [0.1, 0.15) is 0 Å². The van der Waals surface area contributed by atoms with E-state index in [9.17, 15) is 14.9 Å². The first-order valence-corrected chi connectivity index (χ1v) is 6.81. The van der Waals surface area contributed by atoms with Crippen molar-refractivity contribution in [3.63, 3.8) is 0 Å². The molecule has 110 valence electrons. The Bertz CT molecular complexity index is 654. The van der Waals surface area contributed by atoms with E-state index in [2.05, 4.69) is 0 Å². The Morgan fingerprint density at radius 2 is 1.73 bits per heavy atom. The summed E-state index contributed by atoms with van der Waals surface area (Å²) in [7, 11) is 0. The summed E-state index contributed by atoms with van der Waals surface area (Å²) in [4.78, 5) is 21.9. The van der Waals surface area contributed by atoms with Gasteiger partial charge >= 0.3 is 57.4 Å². The molecule has 0 unspecified atom stereocenters. The Labute approximate surface area is 174 Å². The number of benzene rings is 2. The summed E-state index contributed by atoms with van der Waals surface area (Å²) in [5.74, 6) is -1.01. The van der Waals surface area contributed by atoms with Crippen molar-refractivity contribution < 1.29 is 14.8 Å². The molecule has 0 bridgehead atoms. The van der Waals surface area contributed by atoms with Crippen LogP contribution in [-0.2, 0) is 4.79 Å². The number of rotatable bonds is 6. The number of nitro groups is 1. The van der Waals surface area contributed by atoms with E-state index in [1.807, 2.05) is 6.07 Å². The maximum absolute atomic E-state index is 11.0. The zero-order chi connectivity index (χ0) is 15.2. The molecule has 0 spiro atoms. The second-order valence-corrected chi connectivity index (χ2v) is 5.15. The summed E-state index contributed by atoms with van der Waals surface area (Å²) < 4.78 is 1.50. The Morgan fingerprint density at radius 1 is 1.14 bits per heavy atom. The van der Waals surface area contributed by atoms with E-state index in [0.717, 1.165) is 11.9 Å². The van der Waals surface area contributed by atoms with Gasteiger partial charge in [-0.05, 0) is 30.1 Å². The summed E-state index contributed by atoms with van der Waals surface area (Å²) in [6.07, 6.45) is 0. The minimum atomic E-state index is -1.01. The predicted octanol–water partition coefficient (Wildman–Crippen LogP) is 2.54. The molecule has 1 N–H and O–H groups in total. The van der Waals surface area contributed by atoms with E-state index in [-0.39, 0.29) is 63.6 Å². The summed E-state index contributed by atoms with van der Waals surface area (Å²) in [5.41, 5.74) is 0.622. The predicted molar refractivity (Wildman–Crippen MR) is 87.5 cm³/mol. The van der Waals surface area contributed by atoms with Crippen LogP contribution in [0.2, 0.25) is 0 Å². The van der Waals surface area contributed by atoms with Crippen LogP contribution in [0, 0.1) is 10.1 Å². The third kappa shape index (κ3) is 5.38. The van der Waals surface area contributed by atoms with Gasteiger partial charge in [-0.1, -0.05) is 30.3 Å². The zero-order valence-electron chi connectivity index (χ0n) is 10.9. The molecule has 0 radical (unpaired) electrons. The summed E-state index contributed by atoms with van der Waals surface area (Å²) in [6.45, 7) is -0.263. The summed E-state index contributed by atoms with van der Waals surface area (Å²) in [5, 5.41) is 20.0. The molecule has 0 aromatic heterocycles. The number of carboxylic acids is 1. The second-order valence-electron chi connectivity index (χ2n) is 4.08. The van der Waals surface area contributed by atoms with Gasteiger partial charge in [-0.3, -0.25) is 14.9 Å². The Hall–Kier alpha value is -0.904. The fourth-order valence-corrected chi connectivity index (χ4v) is 2.71. The van der Waals surface area contributed by atoms with Gasteiger partial charge in [-0.15, -0.1) is 0 Å². The van der Waals surface area contributed by atoms with E-state index < -0.39 is 10.9 Å². The molecule has 6 nitrogen and oxygen atoms in total. The van der Waals surface area contributed by atoms with Crippen LogP contribution in [0.15, 0.2) is 59.5 Å². The molecule has 22 heavy (non-hydrogen) atoms. The number of para-hydroxylation sites is 2. The van der Waals surface area contributed by atoms with Crippen LogP contribution in [0.3, 0.4) is 0 Å². The minimum absolute atomic E-state index is 0. The van der Waals surface area contributed by atoms with Gasteiger partial charge < -0.3 is 9.41 Å². The van der Waals surface area contributed by atoms with Gasteiger partial charge in [0.1, 0.15) is 11.4 Å². The molecule has 2 aromatic carbocycles. The Balaban J connectivity index is 0.00000242. The topological polar surface area (TPSA) is 83.7 Å². The van der Waals surface area contributed by atoms with Crippen molar-refractivity contribution in [1.82, 2.24) is 0 Å². The monoisotopic (exact) mass is 344 g/mol. The quantitative estimate of drug-likeness (QED) is 0.375. The van der Waals surface area contributed by atoms with Crippen molar-refractivity contribution >= 4 is 80.7 Å². The van der Waals surface area contributed by atoms with Crippen molar-refractivity contribution in [2.45, 2.75) is 4.90 Å². The van der Waals surface area contributed by atoms with E-state index >= 15 is 0 Å². The number of carboxylic acid groups (broad SMARTS) is 1. The van der Waals surface area contributed by atoms with Gasteiger partial charge in [-0.25, -0.2) is 0 Å². The average Bonchev–Trinajstić information content (AvgIpc) is 2.47. The molecule has 0 aliphatic rings. The van der Waals surface area contributed by atoms with E-state index in [1.54, 1.807) is 42.5 Å². The normalized spacial score (nSPS) is 9.64. The molecule has 2 rings (SSSR count). The van der Waals surface area contributed by atoms with Crippen LogP contribution in [0.5, 0.6) is 0 Å². The number of anilines is 1. The van der Waals surface area contributed by atoms with Crippen molar-refractivity contribution in [2.24, 2.45) is 0 Å². The molecular weight excluding hydrogens is 331 g/mol. The first kappa shape index (κ1) is 19.1. The standard InChI is InChI=1S/C14H12N2O4S.K.H/c17-14(18)10-15(11-6-2-1-3-7-11)21-13-9-5-4-8-12(13)16(19)20;;/h1-9H,10H2,(H,17,18);;. The SMILES string of the molecule is O=C(O)CN(Sc1ccccc1[N+](=O)[O-])c1ccccc1.[KH]. The van der Waals surface area contributed by atoms with Gasteiger partial charge in [0.05, 0.1) is 4.92 Å². The zero-order valence-corrected chi connectivity index (χ0v) is 11.7. The van der Waals surface area contributed by atoms with Crippen LogP contribution >= 0.6 is 11.9 Å². The number of nitro benzene ring substituents is 1. The second kappa shape index (κ2) is 9.28. The third-order valence-corrected chi connectivity index (χ3v) is 3.70. The number of hydrogen-bond donors (Lipinski definition) is 1. The molecule has 0 fully saturated rings. The summed E-state index contributed by atoms with van der Waals surface area (Å²) in [6, 6.07) is 15.1. The van der Waals surface area contributed by atoms with Crippen molar-refractivity contribution in [3.8, 4) is 0 Å². The Morgan fingerprint density at radius 3 is 2.32 bits per heavy atom. The average molecular weight is 344 g/mol. The maximum atomic E-state index is 11.0.